The summed E-state index contributed by atoms with van der Waals surface area (Å²) in [5, 5.41) is 14.2. The molecule has 4 aromatic rings. The zero-order chi connectivity index (χ0) is 28.0. The van der Waals surface area contributed by atoms with Gasteiger partial charge in [0, 0.05) is 18.6 Å². The Morgan fingerprint density at radius 1 is 0.500 bits per heavy atom. The van der Waals surface area contributed by atoms with Crippen LogP contribution in [0.4, 0.5) is 0 Å². The van der Waals surface area contributed by atoms with Crippen molar-refractivity contribution in [1.29, 1.82) is 0 Å². The summed E-state index contributed by atoms with van der Waals surface area (Å²) in [6.45, 7) is 6.35. The Labute approximate surface area is 238 Å². The summed E-state index contributed by atoms with van der Waals surface area (Å²) in [5.74, 6) is 0.0938. The van der Waals surface area contributed by atoms with Gasteiger partial charge in [0.15, 0.2) is 0 Å². The monoisotopic (exact) mass is 530 g/mol. The summed E-state index contributed by atoms with van der Waals surface area (Å²) in [4.78, 5) is 12.3. The Balaban J connectivity index is 1.58. The second-order valence-electron chi connectivity index (χ2n) is 10.1. The molecule has 0 aromatic heterocycles. The highest BCUT2D eigenvalue weighted by Crippen LogP contribution is 2.15. The van der Waals surface area contributed by atoms with E-state index in [4.69, 9.17) is 10.2 Å². The van der Waals surface area contributed by atoms with Gasteiger partial charge < -0.3 is 0 Å². The number of ketones is 1. The highest BCUT2D eigenvalue weighted by atomic mass is 16.1. The molecule has 0 aliphatic carbocycles. The van der Waals surface area contributed by atoms with Crippen LogP contribution in [0.5, 0.6) is 0 Å². The van der Waals surface area contributed by atoms with E-state index < -0.39 is 0 Å². The summed E-state index contributed by atoms with van der Waals surface area (Å²) in [7, 11) is 0. The Kier molecular flexibility index (Phi) is 10.8. The Hall–Kier alpha value is -4.51. The molecule has 0 aliphatic heterocycles. The fourth-order valence-corrected chi connectivity index (χ4v) is 4.62. The predicted octanol–water partition coefficient (Wildman–Crippen LogP) is 7.49. The first-order chi connectivity index (χ1) is 19.5. The lowest BCUT2D eigenvalue weighted by atomic mass is 10.1. The van der Waals surface area contributed by atoms with Crippen molar-refractivity contribution in [2.45, 2.75) is 52.9 Å². The molecule has 4 rings (SSSR count). The van der Waals surface area contributed by atoms with Crippen molar-refractivity contribution in [3.8, 4) is 0 Å². The lowest BCUT2D eigenvalue weighted by Crippen LogP contribution is -2.23. The number of benzene rings is 4. The zero-order valence-corrected chi connectivity index (χ0v) is 23.5. The van der Waals surface area contributed by atoms with Crippen LogP contribution in [-0.4, -0.2) is 27.2 Å². The summed E-state index contributed by atoms with van der Waals surface area (Å²) < 4.78 is 0. The average molecular weight is 531 g/mol. The minimum atomic E-state index is 0.0938. The molecular formula is C35H38N4O. The summed E-state index contributed by atoms with van der Waals surface area (Å²) >= 11 is 0. The molecule has 204 valence electrons. The van der Waals surface area contributed by atoms with E-state index in [1.807, 2.05) is 55.5 Å². The van der Waals surface area contributed by atoms with Crippen molar-refractivity contribution in [3.05, 3.63) is 144 Å². The molecule has 40 heavy (non-hydrogen) atoms. The molecule has 0 aliphatic rings. The van der Waals surface area contributed by atoms with Crippen molar-refractivity contribution in [3.63, 3.8) is 0 Å². The number of hydrogen-bond donors (Lipinski definition) is 0. The van der Waals surface area contributed by atoms with Gasteiger partial charge in [-0.25, -0.2) is 0 Å². The first-order valence-corrected chi connectivity index (χ1v) is 13.8. The van der Waals surface area contributed by atoms with E-state index in [0.29, 0.717) is 39.0 Å². The normalized spacial score (nSPS) is 11.8. The van der Waals surface area contributed by atoms with E-state index in [1.54, 1.807) is 6.92 Å². The van der Waals surface area contributed by atoms with Gasteiger partial charge in [-0.15, -0.1) is 0 Å². The highest BCUT2D eigenvalue weighted by molar-refractivity contribution is 6.10. The van der Waals surface area contributed by atoms with Crippen molar-refractivity contribution in [2.24, 2.45) is 10.2 Å². The number of carbonyl (C=O) groups is 1. The molecule has 0 N–H and O–H groups in total. The molecule has 0 fully saturated rings. The second-order valence-corrected chi connectivity index (χ2v) is 10.1. The molecule has 0 saturated heterocycles. The minimum absolute atomic E-state index is 0.0938. The maximum atomic E-state index is 12.3. The Bertz CT molecular complexity index is 1290. The first kappa shape index (κ1) is 28.5. The molecular weight excluding hydrogens is 492 g/mol. The van der Waals surface area contributed by atoms with E-state index in [2.05, 4.69) is 82.8 Å². The van der Waals surface area contributed by atoms with Gasteiger partial charge in [-0.05, 0) is 36.1 Å². The quantitative estimate of drug-likeness (QED) is 0.125. The molecule has 0 amide bonds. The standard InChI is InChI=1S/C35H38N4O/c1-29(36-38(25-31-15-7-3-8-16-31)26-32-17-9-4-10-18-32)23-35(24-30(2)40)37-39(27-33-19-11-5-12-20-33)28-34-21-13-6-14-22-34/h3-22H,23-28H2,1-2H3/b36-29+,37-35-. The van der Waals surface area contributed by atoms with E-state index in [0.717, 1.165) is 11.4 Å². The first-order valence-electron chi connectivity index (χ1n) is 13.8. The molecule has 0 radical (unpaired) electrons. The number of Topliss-reactive ketones (excluding diaryl/α,β-unsaturated/α-hetero) is 1. The molecule has 5 nitrogen and oxygen atoms in total. The highest BCUT2D eigenvalue weighted by Gasteiger charge is 2.13. The van der Waals surface area contributed by atoms with Crippen LogP contribution in [0.25, 0.3) is 0 Å². The van der Waals surface area contributed by atoms with Crippen LogP contribution in [0.1, 0.15) is 48.9 Å². The van der Waals surface area contributed by atoms with Gasteiger partial charge in [0.25, 0.3) is 0 Å². The number of hydrazone groups is 2. The average Bonchev–Trinajstić information content (AvgIpc) is 2.95. The molecule has 0 unspecified atom stereocenters. The Morgan fingerprint density at radius 3 is 1.15 bits per heavy atom. The Morgan fingerprint density at radius 2 is 0.825 bits per heavy atom. The van der Waals surface area contributed by atoms with Crippen molar-refractivity contribution in [2.75, 3.05) is 0 Å². The van der Waals surface area contributed by atoms with Crippen LogP contribution < -0.4 is 0 Å². The maximum absolute atomic E-state index is 12.3. The fourth-order valence-electron chi connectivity index (χ4n) is 4.62. The predicted molar refractivity (Wildman–Crippen MR) is 165 cm³/mol. The van der Waals surface area contributed by atoms with Gasteiger partial charge in [-0.2, -0.15) is 10.2 Å². The van der Waals surface area contributed by atoms with Crippen LogP contribution in [0, 0.1) is 0 Å². The third-order valence-corrected chi connectivity index (χ3v) is 6.34. The SMILES string of the molecule is CC(=O)C/C(C/C(C)=N/N(Cc1ccccc1)Cc1ccccc1)=N\N(Cc1ccccc1)Cc1ccccc1. The molecule has 0 spiro atoms. The summed E-state index contributed by atoms with van der Waals surface area (Å²) in [5.41, 5.74) is 6.48. The molecule has 0 bridgehead atoms. The van der Waals surface area contributed by atoms with E-state index in [9.17, 15) is 4.79 Å². The number of hydrogen-bond acceptors (Lipinski definition) is 5. The zero-order valence-electron chi connectivity index (χ0n) is 23.5. The van der Waals surface area contributed by atoms with Gasteiger partial charge in [-0.1, -0.05) is 121 Å². The van der Waals surface area contributed by atoms with Crippen LogP contribution in [0.3, 0.4) is 0 Å². The van der Waals surface area contributed by atoms with E-state index in [-0.39, 0.29) is 5.78 Å². The van der Waals surface area contributed by atoms with Crippen LogP contribution >= 0.6 is 0 Å². The fraction of sp³-hybridized carbons (Fsp3) is 0.229. The largest absolute Gasteiger partial charge is 0.300 e. The topological polar surface area (TPSA) is 48.3 Å². The summed E-state index contributed by atoms with van der Waals surface area (Å²) in [6, 6.07) is 41.4. The lowest BCUT2D eigenvalue weighted by Gasteiger charge is -2.23. The van der Waals surface area contributed by atoms with E-state index in [1.165, 1.54) is 22.3 Å². The summed E-state index contributed by atoms with van der Waals surface area (Å²) in [6.07, 6.45) is 0.823. The van der Waals surface area contributed by atoms with Gasteiger partial charge >= 0.3 is 0 Å². The van der Waals surface area contributed by atoms with Crippen LogP contribution in [0.2, 0.25) is 0 Å². The molecule has 4 aromatic carbocycles. The molecule has 5 heteroatoms. The van der Waals surface area contributed by atoms with Gasteiger partial charge in [-0.3, -0.25) is 14.8 Å². The third kappa shape index (κ3) is 9.99. The van der Waals surface area contributed by atoms with Gasteiger partial charge in [0.2, 0.25) is 0 Å². The van der Waals surface area contributed by atoms with Crippen molar-refractivity contribution < 1.29 is 4.79 Å². The second kappa shape index (κ2) is 15.2. The minimum Gasteiger partial charge on any atom is -0.300 e. The van der Waals surface area contributed by atoms with Gasteiger partial charge in [0.05, 0.1) is 31.9 Å². The van der Waals surface area contributed by atoms with Gasteiger partial charge in [0.1, 0.15) is 5.78 Å². The maximum Gasteiger partial charge on any atom is 0.135 e. The van der Waals surface area contributed by atoms with Crippen LogP contribution in [0.15, 0.2) is 132 Å². The third-order valence-electron chi connectivity index (χ3n) is 6.34. The molecule has 0 saturated carbocycles. The van der Waals surface area contributed by atoms with Crippen LogP contribution in [-0.2, 0) is 31.0 Å². The number of carbonyl (C=O) groups excluding carboxylic acids is 1. The smallest absolute Gasteiger partial charge is 0.135 e. The molecule has 0 heterocycles. The van der Waals surface area contributed by atoms with Crippen molar-refractivity contribution >= 4 is 17.2 Å². The lowest BCUT2D eigenvalue weighted by molar-refractivity contribution is -0.115. The number of nitrogens with zero attached hydrogens (tertiary/aromatic N) is 4. The molecule has 0 atom stereocenters. The van der Waals surface area contributed by atoms with Crippen molar-refractivity contribution in [1.82, 2.24) is 10.0 Å². The van der Waals surface area contributed by atoms with E-state index >= 15 is 0 Å². The number of rotatable bonds is 14.